The summed E-state index contributed by atoms with van der Waals surface area (Å²) in [6.07, 6.45) is 2.02. The minimum absolute atomic E-state index is 0.0923. The van der Waals surface area contributed by atoms with Gasteiger partial charge in [0.25, 0.3) is 5.91 Å². The van der Waals surface area contributed by atoms with Gasteiger partial charge in [0.2, 0.25) is 0 Å². The number of alkyl halides is 2. The molecule has 1 amide bonds. The van der Waals surface area contributed by atoms with E-state index in [-0.39, 0.29) is 17.2 Å². The number of amides is 1. The van der Waals surface area contributed by atoms with Crippen LogP contribution in [0.25, 0.3) is 0 Å². The predicted molar refractivity (Wildman–Crippen MR) is 71.0 cm³/mol. The second-order valence-electron chi connectivity index (χ2n) is 4.78. The van der Waals surface area contributed by atoms with Crippen molar-refractivity contribution in [3.8, 4) is 5.75 Å². The Morgan fingerprint density at radius 1 is 1.35 bits per heavy atom. The predicted octanol–water partition coefficient (Wildman–Crippen LogP) is 2.02. The molecule has 1 heterocycles. The van der Waals surface area contributed by atoms with E-state index in [0.29, 0.717) is 12.5 Å². The van der Waals surface area contributed by atoms with Crippen LogP contribution in [0.1, 0.15) is 23.2 Å². The molecule has 0 aromatic heterocycles. The van der Waals surface area contributed by atoms with Crippen molar-refractivity contribution in [2.45, 2.75) is 19.5 Å². The van der Waals surface area contributed by atoms with Crippen LogP contribution < -0.4 is 15.4 Å². The summed E-state index contributed by atoms with van der Waals surface area (Å²) in [7, 11) is 0. The zero-order chi connectivity index (χ0) is 14.4. The molecular formula is C14H18F2N2O2. The molecule has 1 aliphatic rings. The summed E-state index contributed by atoms with van der Waals surface area (Å²) in [4.78, 5) is 12.0. The molecule has 0 spiro atoms. The van der Waals surface area contributed by atoms with Gasteiger partial charge in [-0.2, -0.15) is 8.78 Å². The Morgan fingerprint density at radius 3 is 2.75 bits per heavy atom. The number of benzene rings is 1. The van der Waals surface area contributed by atoms with E-state index < -0.39 is 6.61 Å². The monoisotopic (exact) mass is 284 g/mol. The van der Waals surface area contributed by atoms with Crippen LogP contribution in [0.4, 0.5) is 8.78 Å². The average Bonchev–Trinajstić information content (AvgIpc) is 2.46. The van der Waals surface area contributed by atoms with Crippen LogP contribution in [0.15, 0.2) is 24.3 Å². The number of hydrogen-bond acceptors (Lipinski definition) is 3. The fourth-order valence-electron chi connectivity index (χ4n) is 2.27. The van der Waals surface area contributed by atoms with Crippen molar-refractivity contribution in [3.05, 3.63) is 29.8 Å². The van der Waals surface area contributed by atoms with E-state index in [9.17, 15) is 13.6 Å². The summed E-state index contributed by atoms with van der Waals surface area (Å²) >= 11 is 0. The number of hydrogen-bond donors (Lipinski definition) is 2. The first kappa shape index (κ1) is 14.7. The first-order valence-electron chi connectivity index (χ1n) is 6.69. The minimum Gasteiger partial charge on any atom is -0.434 e. The van der Waals surface area contributed by atoms with E-state index in [2.05, 4.69) is 15.4 Å². The molecule has 0 unspecified atom stereocenters. The van der Waals surface area contributed by atoms with Gasteiger partial charge in [0.15, 0.2) is 0 Å². The van der Waals surface area contributed by atoms with Crippen molar-refractivity contribution in [3.63, 3.8) is 0 Å². The van der Waals surface area contributed by atoms with Gasteiger partial charge in [-0.25, -0.2) is 0 Å². The quantitative estimate of drug-likeness (QED) is 0.869. The molecule has 6 heteroatoms. The molecule has 1 aromatic carbocycles. The fourth-order valence-corrected chi connectivity index (χ4v) is 2.27. The number of nitrogens with one attached hydrogen (secondary N) is 2. The summed E-state index contributed by atoms with van der Waals surface area (Å²) in [6.45, 7) is -0.478. The Kier molecular flexibility index (Phi) is 5.29. The third-order valence-electron chi connectivity index (χ3n) is 3.36. The Balaban J connectivity index is 1.94. The highest BCUT2D eigenvalue weighted by molar-refractivity contribution is 5.96. The average molecular weight is 284 g/mol. The van der Waals surface area contributed by atoms with Crippen molar-refractivity contribution in [2.75, 3.05) is 19.6 Å². The smallest absolute Gasteiger partial charge is 0.387 e. The van der Waals surface area contributed by atoms with Crippen molar-refractivity contribution in [2.24, 2.45) is 5.92 Å². The fraction of sp³-hybridized carbons (Fsp3) is 0.500. The first-order valence-corrected chi connectivity index (χ1v) is 6.69. The molecule has 110 valence electrons. The summed E-state index contributed by atoms with van der Waals surface area (Å²) < 4.78 is 28.9. The Bertz CT molecular complexity index is 449. The zero-order valence-electron chi connectivity index (χ0n) is 11.1. The second-order valence-corrected chi connectivity index (χ2v) is 4.78. The largest absolute Gasteiger partial charge is 0.434 e. The standard InChI is InChI=1S/C14H18F2N2O2/c15-14(16)20-12-4-2-1-3-11(12)13(19)18-9-10-5-7-17-8-6-10/h1-4,10,14,17H,5-9H2,(H,18,19). The second kappa shape index (κ2) is 7.19. The van der Waals surface area contributed by atoms with Crippen molar-refractivity contribution in [1.82, 2.24) is 10.6 Å². The minimum atomic E-state index is -2.94. The first-order chi connectivity index (χ1) is 9.66. The van der Waals surface area contributed by atoms with Gasteiger partial charge in [0.1, 0.15) is 5.75 Å². The number of carbonyl (C=O) groups is 1. The number of piperidine rings is 1. The summed E-state index contributed by atoms with van der Waals surface area (Å²) in [5, 5.41) is 6.04. The lowest BCUT2D eigenvalue weighted by atomic mass is 9.98. The molecule has 4 nitrogen and oxygen atoms in total. The lowest BCUT2D eigenvalue weighted by molar-refractivity contribution is -0.0501. The maximum Gasteiger partial charge on any atom is 0.387 e. The third kappa shape index (κ3) is 4.16. The van der Waals surface area contributed by atoms with Crippen LogP contribution in [-0.2, 0) is 0 Å². The van der Waals surface area contributed by atoms with E-state index in [4.69, 9.17) is 0 Å². The van der Waals surface area contributed by atoms with Crippen LogP contribution in [0.5, 0.6) is 5.75 Å². The number of rotatable bonds is 5. The van der Waals surface area contributed by atoms with E-state index in [0.717, 1.165) is 25.9 Å². The molecule has 1 saturated heterocycles. The highest BCUT2D eigenvalue weighted by Gasteiger charge is 2.17. The van der Waals surface area contributed by atoms with Crippen LogP contribution in [0.2, 0.25) is 0 Å². The van der Waals surface area contributed by atoms with Crippen molar-refractivity contribution >= 4 is 5.91 Å². The normalized spacial score (nSPS) is 16.1. The van der Waals surface area contributed by atoms with E-state index in [1.54, 1.807) is 12.1 Å². The number of carbonyl (C=O) groups excluding carboxylic acids is 1. The highest BCUT2D eigenvalue weighted by atomic mass is 19.3. The van der Waals surface area contributed by atoms with Crippen molar-refractivity contribution in [1.29, 1.82) is 0 Å². The van der Waals surface area contributed by atoms with E-state index >= 15 is 0 Å². The Hall–Kier alpha value is -1.69. The maximum atomic E-state index is 12.3. The summed E-state index contributed by atoms with van der Waals surface area (Å²) in [6, 6.07) is 6.03. The van der Waals surface area contributed by atoms with Gasteiger partial charge < -0.3 is 15.4 Å². The third-order valence-corrected chi connectivity index (χ3v) is 3.36. The van der Waals surface area contributed by atoms with Gasteiger partial charge in [-0.1, -0.05) is 12.1 Å². The van der Waals surface area contributed by atoms with Gasteiger partial charge >= 0.3 is 6.61 Å². The topological polar surface area (TPSA) is 50.4 Å². The molecule has 2 rings (SSSR count). The van der Waals surface area contributed by atoms with Gasteiger partial charge in [-0.3, -0.25) is 4.79 Å². The van der Waals surface area contributed by atoms with E-state index in [1.165, 1.54) is 12.1 Å². The highest BCUT2D eigenvalue weighted by Crippen LogP contribution is 2.20. The summed E-state index contributed by atoms with van der Waals surface area (Å²) in [5.41, 5.74) is 0.140. The lowest BCUT2D eigenvalue weighted by Crippen LogP contribution is -2.36. The lowest BCUT2D eigenvalue weighted by Gasteiger charge is -2.22. The maximum absolute atomic E-state index is 12.3. The molecule has 1 fully saturated rings. The van der Waals surface area contributed by atoms with Crippen LogP contribution in [0, 0.1) is 5.92 Å². The van der Waals surface area contributed by atoms with E-state index in [1.807, 2.05) is 0 Å². The molecule has 0 aliphatic carbocycles. The molecule has 0 bridgehead atoms. The molecule has 0 radical (unpaired) electrons. The Morgan fingerprint density at radius 2 is 2.05 bits per heavy atom. The van der Waals surface area contributed by atoms with Crippen LogP contribution in [0.3, 0.4) is 0 Å². The zero-order valence-corrected chi connectivity index (χ0v) is 11.1. The van der Waals surface area contributed by atoms with Crippen LogP contribution in [-0.4, -0.2) is 32.2 Å². The molecular weight excluding hydrogens is 266 g/mol. The van der Waals surface area contributed by atoms with Crippen molar-refractivity contribution < 1.29 is 18.3 Å². The number of para-hydroxylation sites is 1. The molecule has 0 atom stereocenters. The van der Waals surface area contributed by atoms with Gasteiger partial charge in [-0.05, 0) is 44.0 Å². The molecule has 1 aromatic rings. The van der Waals surface area contributed by atoms with Crippen LogP contribution >= 0.6 is 0 Å². The molecule has 0 saturated carbocycles. The Labute approximate surface area is 116 Å². The number of halogens is 2. The molecule has 20 heavy (non-hydrogen) atoms. The molecule has 1 aliphatic heterocycles. The molecule has 2 N–H and O–H groups in total. The van der Waals surface area contributed by atoms with Gasteiger partial charge in [-0.15, -0.1) is 0 Å². The van der Waals surface area contributed by atoms with Gasteiger partial charge in [0.05, 0.1) is 5.56 Å². The van der Waals surface area contributed by atoms with Gasteiger partial charge in [0, 0.05) is 6.54 Å². The number of ether oxygens (including phenoxy) is 1. The SMILES string of the molecule is O=C(NCC1CCNCC1)c1ccccc1OC(F)F. The summed E-state index contributed by atoms with van der Waals surface area (Å²) in [5.74, 6) is -0.0338.